The van der Waals surface area contributed by atoms with Gasteiger partial charge in [-0.3, -0.25) is 0 Å². The maximum absolute atomic E-state index is 15.1. The van der Waals surface area contributed by atoms with Crippen molar-refractivity contribution in [2.24, 2.45) is 11.3 Å². The van der Waals surface area contributed by atoms with Crippen LogP contribution >= 0.6 is 23.4 Å². The number of hydrogen-bond donors (Lipinski definition) is 0. The molecule has 1 spiro atoms. The molecule has 2 aliphatic heterocycles. The number of fused-ring (bicyclic) bond motifs is 4. The monoisotopic (exact) mass is 406 g/mol. The van der Waals surface area contributed by atoms with Crippen LogP contribution in [0, 0.1) is 23.0 Å². The summed E-state index contributed by atoms with van der Waals surface area (Å²) in [7, 11) is 0. The molecule has 1 nitrogen and oxygen atoms in total. The van der Waals surface area contributed by atoms with Gasteiger partial charge in [0, 0.05) is 33.4 Å². The molecule has 0 aromatic heterocycles. The quantitative estimate of drug-likeness (QED) is 0.602. The Balaban J connectivity index is 1.69. The number of benzene rings is 2. The second-order valence-corrected chi connectivity index (χ2v) is 9.69. The van der Waals surface area contributed by atoms with Crippen LogP contribution in [-0.2, 0) is 11.8 Å². The minimum Gasteiger partial charge on any atom is -0.490 e. The SMILES string of the molecule is Fc1ccc(F)c2c1OC[C@H]1C3(CCC[C@@]21Cc1ccc(Cl)cc1)CSC3. The van der Waals surface area contributed by atoms with E-state index in [-0.39, 0.29) is 22.9 Å². The lowest BCUT2D eigenvalue weighted by atomic mass is 9.50. The molecule has 0 unspecified atom stereocenters. The Morgan fingerprint density at radius 2 is 1.78 bits per heavy atom. The molecule has 5 rings (SSSR count). The van der Waals surface area contributed by atoms with Crippen molar-refractivity contribution in [3.05, 3.63) is 64.2 Å². The molecule has 2 fully saturated rings. The number of thioether (sulfide) groups is 1. The van der Waals surface area contributed by atoms with Crippen LogP contribution in [-0.4, -0.2) is 18.1 Å². The van der Waals surface area contributed by atoms with E-state index in [0.717, 1.165) is 36.3 Å². The van der Waals surface area contributed by atoms with Gasteiger partial charge in [-0.05, 0) is 54.5 Å². The lowest BCUT2D eigenvalue weighted by Gasteiger charge is -2.60. The third-order valence-corrected chi connectivity index (χ3v) is 8.68. The third-order valence-electron chi connectivity index (χ3n) is 6.87. The molecule has 2 aromatic rings. The van der Waals surface area contributed by atoms with Crippen LogP contribution in [0.15, 0.2) is 36.4 Å². The predicted molar refractivity (Wildman–Crippen MR) is 106 cm³/mol. The molecular weight excluding hydrogens is 386 g/mol. The van der Waals surface area contributed by atoms with Crippen LogP contribution < -0.4 is 4.74 Å². The Labute approximate surface area is 167 Å². The fourth-order valence-corrected chi connectivity index (χ4v) is 7.15. The molecule has 142 valence electrons. The van der Waals surface area contributed by atoms with Crippen LogP contribution in [0.3, 0.4) is 0 Å². The molecule has 1 saturated heterocycles. The third kappa shape index (κ3) is 2.63. The van der Waals surface area contributed by atoms with Crippen molar-refractivity contribution in [2.75, 3.05) is 18.1 Å². The van der Waals surface area contributed by atoms with Gasteiger partial charge in [0.15, 0.2) is 11.6 Å². The number of rotatable bonds is 2. The first-order chi connectivity index (χ1) is 13.0. The molecule has 0 N–H and O–H groups in total. The highest BCUT2D eigenvalue weighted by molar-refractivity contribution is 8.00. The highest BCUT2D eigenvalue weighted by Gasteiger charge is 2.60. The standard InChI is InChI=1S/C22H21ClF2OS/c23-15-4-2-14(3-5-15)10-22-9-1-8-21(12-27-13-21)18(22)11-26-20-17(25)7-6-16(24)19(20)22/h2-7,18H,1,8-13H2/t18-,22-/m0/s1. The number of halogens is 3. The molecule has 5 heteroatoms. The van der Waals surface area contributed by atoms with E-state index in [9.17, 15) is 4.39 Å². The Morgan fingerprint density at radius 1 is 1.04 bits per heavy atom. The molecule has 2 heterocycles. The van der Waals surface area contributed by atoms with E-state index in [0.29, 0.717) is 23.6 Å². The molecule has 0 amide bonds. The topological polar surface area (TPSA) is 9.23 Å². The smallest absolute Gasteiger partial charge is 0.165 e. The van der Waals surface area contributed by atoms with Crippen molar-refractivity contribution >= 4 is 23.4 Å². The van der Waals surface area contributed by atoms with Crippen LogP contribution in [0.4, 0.5) is 8.78 Å². The van der Waals surface area contributed by atoms with E-state index < -0.39 is 11.2 Å². The van der Waals surface area contributed by atoms with Crippen molar-refractivity contribution in [3.63, 3.8) is 0 Å². The van der Waals surface area contributed by atoms with Crippen molar-refractivity contribution in [2.45, 2.75) is 31.1 Å². The summed E-state index contributed by atoms with van der Waals surface area (Å²) in [6, 6.07) is 10.2. The summed E-state index contributed by atoms with van der Waals surface area (Å²) in [5.74, 6) is 1.73. The first kappa shape index (κ1) is 17.8. The normalized spacial score (nSPS) is 28.0. The average molecular weight is 407 g/mol. The molecule has 3 aliphatic rings. The van der Waals surface area contributed by atoms with Gasteiger partial charge < -0.3 is 4.74 Å². The second-order valence-electron chi connectivity index (χ2n) is 8.27. The fourth-order valence-electron chi connectivity index (χ4n) is 5.61. The minimum atomic E-state index is -0.456. The van der Waals surface area contributed by atoms with Crippen LogP contribution in [0.1, 0.15) is 30.4 Å². The van der Waals surface area contributed by atoms with Gasteiger partial charge in [0.05, 0.1) is 6.61 Å². The van der Waals surface area contributed by atoms with Crippen LogP contribution in [0.2, 0.25) is 5.02 Å². The largest absolute Gasteiger partial charge is 0.490 e. The van der Waals surface area contributed by atoms with Crippen molar-refractivity contribution in [1.29, 1.82) is 0 Å². The van der Waals surface area contributed by atoms with E-state index in [2.05, 4.69) is 0 Å². The van der Waals surface area contributed by atoms with E-state index in [1.165, 1.54) is 12.1 Å². The predicted octanol–water partition coefficient (Wildman–Crippen LogP) is 6.02. The summed E-state index contributed by atoms with van der Waals surface area (Å²) in [5.41, 5.74) is 1.34. The van der Waals surface area contributed by atoms with Gasteiger partial charge in [-0.15, -0.1) is 0 Å². The molecule has 2 aromatic carbocycles. The van der Waals surface area contributed by atoms with Crippen molar-refractivity contribution in [3.8, 4) is 5.75 Å². The van der Waals surface area contributed by atoms with Crippen LogP contribution in [0.5, 0.6) is 5.75 Å². The van der Waals surface area contributed by atoms with Crippen molar-refractivity contribution < 1.29 is 13.5 Å². The van der Waals surface area contributed by atoms with Gasteiger partial charge >= 0.3 is 0 Å². The number of ether oxygens (including phenoxy) is 1. The van der Waals surface area contributed by atoms with Crippen molar-refractivity contribution in [1.82, 2.24) is 0 Å². The molecular formula is C22H21ClF2OS. The van der Waals surface area contributed by atoms with Gasteiger partial charge in [0.25, 0.3) is 0 Å². The van der Waals surface area contributed by atoms with E-state index >= 15 is 4.39 Å². The highest BCUT2D eigenvalue weighted by Crippen LogP contribution is 2.63. The first-order valence-corrected chi connectivity index (χ1v) is 11.0. The molecule has 1 aliphatic carbocycles. The Bertz CT molecular complexity index is 881. The molecule has 2 atom stereocenters. The van der Waals surface area contributed by atoms with Gasteiger partial charge in [0.1, 0.15) is 5.82 Å². The minimum absolute atomic E-state index is 0.129. The maximum atomic E-state index is 15.1. The zero-order valence-corrected chi connectivity index (χ0v) is 16.5. The molecule has 0 bridgehead atoms. The van der Waals surface area contributed by atoms with E-state index in [1.807, 2.05) is 36.0 Å². The fraction of sp³-hybridized carbons (Fsp3) is 0.455. The van der Waals surface area contributed by atoms with E-state index in [4.69, 9.17) is 16.3 Å². The van der Waals surface area contributed by atoms with Gasteiger partial charge in [0.2, 0.25) is 0 Å². The molecule has 1 saturated carbocycles. The maximum Gasteiger partial charge on any atom is 0.165 e. The van der Waals surface area contributed by atoms with Gasteiger partial charge in [-0.1, -0.05) is 30.2 Å². The van der Waals surface area contributed by atoms with E-state index in [1.54, 1.807) is 0 Å². The summed E-state index contributed by atoms with van der Waals surface area (Å²) in [6.07, 6.45) is 3.75. The van der Waals surface area contributed by atoms with Gasteiger partial charge in [-0.25, -0.2) is 8.78 Å². The summed E-state index contributed by atoms with van der Waals surface area (Å²) >= 11 is 8.01. The summed E-state index contributed by atoms with van der Waals surface area (Å²) in [6.45, 7) is 0.474. The molecule has 0 radical (unpaired) electrons. The average Bonchev–Trinajstić information content (AvgIpc) is 2.64. The molecule has 27 heavy (non-hydrogen) atoms. The highest BCUT2D eigenvalue weighted by atomic mass is 35.5. The van der Waals surface area contributed by atoms with Crippen LogP contribution in [0.25, 0.3) is 0 Å². The Morgan fingerprint density at radius 3 is 2.48 bits per heavy atom. The summed E-state index contributed by atoms with van der Waals surface area (Å²) in [5, 5.41) is 0.688. The Hall–Kier alpha value is -1.26. The summed E-state index contributed by atoms with van der Waals surface area (Å²) < 4.78 is 35.6. The zero-order valence-electron chi connectivity index (χ0n) is 14.9. The number of hydrogen-bond acceptors (Lipinski definition) is 2. The lowest BCUT2D eigenvalue weighted by molar-refractivity contribution is -0.0141. The first-order valence-electron chi connectivity index (χ1n) is 9.48. The van der Waals surface area contributed by atoms with Gasteiger partial charge in [-0.2, -0.15) is 11.8 Å². The summed E-state index contributed by atoms with van der Waals surface area (Å²) in [4.78, 5) is 0. The second kappa shape index (κ2) is 6.38. The lowest BCUT2D eigenvalue weighted by Crippen LogP contribution is -2.60. The Kier molecular flexibility index (Phi) is 4.21. The zero-order chi connectivity index (χ0) is 18.6.